The zero-order valence-electron chi connectivity index (χ0n) is 14.9. The van der Waals surface area contributed by atoms with Crippen molar-refractivity contribution >= 4 is 16.7 Å². The molecular weight excluding hydrogens is 336 g/mol. The average Bonchev–Trinajstić information content (AvgIpc) is 2.74. The van der Waals surface area contributed by atoms with Gasteiger partial charge in [-0.2, -0.15) is 0 Å². The normalized spacial score (nSPS) is 10.7. The van der Waals surface area contributed by atoms with E-state index in [1.807, 2.05) is 66.9 Å². The van der Waals surface area contributed by atoms with Crippen molar-refractivity contribution < 1.29 is 4.74 Å². The molecule has 5 heteroatoms. The van der Waals surface area contributed by atoms with Gasteiger partial charge < -0.3 is 9.64 Å². The van der Waals surface area contributed by atoms with Gasteiger partial charge in [-0.3, -0.25) is 4.98 Å². The molecule has 3 heterocycles. The van der Waals surface area contributed by atoms with Crippen LogP contribution in [0, 0.1) is 0 Å². The van der Waals surface area contributed by atoms with E-state index in [4.69, 9.17) is 9.72 Å². The lowest BCUT2D eigenvalue weighted by molar-refractivity contribution is 0.310. The van der Waals surface area contributed by atoms with Gasteiger partial charge in [0.1, 0.15) is 12.4 Å². The second-order valence-corrected chi connectivity index (χ2v) is 6.12. The Morgan fingerprint density at radius 1 is 0.778 bits per heavy atom. The van der Waals surface area contributed by atoms with E-state index in [-0.39, 0.29) is 0 Å². The second-order valence-electron chi connectivity index (χ2n) is 6.12. The Labute approximate surface area is 158 Å². The highest BCUT2D eigenvalue weighted by Crippen LogP contribution is 2.19. The van der Waals surface area contributed by atoms with Gasteiger partial charge in [0, 0.05) is 23.8 Å². The number of rotatable bonds is 7. The monoisotopic (exact) mass is 356 g/mol. The molecule has 134 valence electrons. The summed E-state index contributed by atoms with van der Waals surface area (Å²) in [6.07, 6.45) is 3.54. The number of pyridine rings is 3. The van der Waals surface area contributed by atoms with E-state index in [2.05, 4.69) is 27.0 Å². The first kappa shape index (κ1) is 17.0. The van der Waals surface area contributed by atoms with Crippen molar-refractivity contribution in [2.24, 2.45) is 0 Å². The Bertz CT molecular complexity index is 992. The maximum Gasteiger partial charge on any atom is 0.213 e. The molecule has 0 aliphatic heterocycles. The van der Waals surface area contributed by atoms with Crippen LogP contribution in [0.2, 0.25) is 0 Å². The summed E-state index contributed by atoms with van der Waals surface area (Å²) in [5.41, 5.74) is 1.97. The molecule has 0 atom stereocenters. The molecule has 0 N–H and O–H groups in total. The summed E-state index contributed by atoms with van der Waals surface area (Å²) in [5.74, 6) is 1.53. The number of nitrogens with zero attached hydrogens (tertiary/aromatic N) is 4. The van der Waals surface area contributed by atoms with Crippen LogP contribution in [0.25, 0.3) is 10.9 Å². The molecule has 0 fully saturated rings. The minimum absolute atomic E-state index is 0.512. The van der Waals surface area contributed by atoms with Gasteiger partial charge in [-0.1, -0.05) is 30.3 Å². The predicted octanol–water partition coefficient (Wildman–Crippen LogP) is 4.11. The minimum Gasteiger partial charge on any atom is -0.476 e. The molecule has 5 nitrogen and oxygen atoms in total. The lowest BCUT2D eigenvalue weighted by Gasteiger charge is -2.23. The van der Waals surface area contributed by atoms with Crippen molar-refractivity contribution in [3.63, 3.8) is 0 Å². The molecule has 0 aliphatic rings. The molecule has 0 bridgehead atoms. The van der Waals surface area contributed by atoms with E-state index in [1.54, 1.807) is 6.20 Å². The van der Waals surface area contributed by atoms with Gasteiger partial charge in [0.25, 0.3) is 0 Å². The number of fused-ring (bicyclic) bond motifs is 1. The number of hydrogen-bond donors (Lipinski definition) is 0. The van der Waals surface area contributed by atoms with Crippen LogP contribution in [0.1, 0.15) is 5.69 Å². The van der Waals surface area contributed by atoms with Crippen LogP contribution in [-0.4, -0.2) is 28.1 Å². The number of ether oxygens (including phenoxy) is 1. The molecule has 0 saturated heterocycles. The molecule has 0 saturated carbocycles. The summed E-state index contributed by atoms with van der Waals surface area (Å²) in [6.45, 7) is 1.86. The van der Waals surface area contributed by atoms with Crippen LogP contribution >= 0.6 is 0 Å². The van der Waals surface area contributed by atoms with Gasteiger partial charge in [0.2, 0.25) is 5.88 Å². The van der Waals surface area contributed by atoms with Crippen molar-refractivity contribution in [2.45, 2.75) is 6.54 Å². The predicted molar refractivity (Wildman–Crippen MR) is 107 cm³/mol. The lowest BCUT2D eigenvalue weighted by Crippen LogP contribution is -2.29. The Balaban J connectivity index is 1.54. The van der Waals surface area contributed by atoms with Crippen molar-refractivity contribution in [3.8, 4) is 5.88 Å². The third kappa shape index (κ3) is 4.39. The summed E-state index contributed by atoms with van der Waals surface area (Å²) >= 11 is 0. The average molecular weight is 356 g/mol. The maximum atomic E-state index is 5.78. The second kappa shape index (κ2) is 8.27. The summed E-state index contributed by atoms with van der Waals surface area (Å²) in [4.78, 5) is 15.7. The highest BCUT2D eigenvalue weighted by molar-refractivity contribution is 5.80. The summed E-state index contributed by atoms with van der Waals surface area (Å²) in [7, 11) is 0. The molecular formula is C22H20N4O. The van der Waals surface area contributed by atoms with Gasteiger partial charge in [0.05, 0.1) is 24.3 Å². The zero-order chi connectivity index (χ0) is 18.3. The molecule has 0 radical (unpaired) electrons. The van der Waals surface area contributed by atoms with E-state index < -0.39 is 0 Å². The fraction of sp³-hybridized carbons (Fsp3) is 0.136. The largest absolute Gasteiger partial charge is 0.476 e. The topological polar surface area (TPSA) is 51.1 Å². The van der Waals surface area contributed by atoms with E-state index in [0.717, 1.165) is 22.4 Å². The number of hydrogen-bond acceptors (Lipinski definition) is 5. The van der Waals surface area contributed by atoms with Crippen LogP contribution in [0.15, 0.2) is 85.2 Å². The van der Waals surface area contributed by atoms with Crippen LogP contribution in [0.5, 0.6) is 5.88 Å². The summed E-state index contributed by atoms with van der Waals surface area (Å²) < 4.78 is 5.78. The van der Waals surface area contributed by atoms with Crippen molar-refractivity contribution in [1.29, 1.82) is 0 Å². The van der Waals surface area contributed by atoms with Crippen LogP contribution in [-0.2, 0) is 6.54 Å². The van der Waals surface area contributed by atoms with Crippen molar-refractivity contribution in [3.05, 3.63) is 90.9 Å². The number of anilines is 1. The molecule has 0 aliphatic carbocycles. The minimum atomic E-state index is 0.512. The van der Waals surface area contributed by atoms with E-state index in [9.17, 15) is 0 Å². The fourth-order valence-electron chi connectivity index (χ4n) is 2.89. The fourth-order valence-corrected chi connectivity index (χ4v) is 2.89. The molecule has 4 rings (SSSR count). The third-order valence-electron chi connectivity index (χ3n) is 4.24. The molecule has 27 heavy (non-hydrogen) atoms. The number of benzene rings is 1. The Morgan fingerprint density at radius 2 is 1.59 bits per heavy atom. The Kier molecular flexibility index (Phi) is 5.20. The van der Waals surface area contributed by atoms with Crippen LogP contribution in [0.4, 0.5) is 5.82 Å². The zero-order valence-corrected chi connectivity index (χ0v) is 14.9. The molecule has 0 amide bonds. The highest BCUT2D eigenvalue weighted by Gasteiger charge is 2.11. The Hall–Kier alpha value is -3.47. The van der Waals surface area contributed by atoms with E-state index in [0.29, 0.717) is 25.6 Å². The van der Waals surface area contributed by atoms with Crippen molar-refractivity contribution in [2.75, 3.05) is 18.1 Å². The van der Waals surface area contributed by atoms with E-state index >= 15 is 0 Å². The first-order valence-electron chi connectivity index (χ1n) is 8.93. The number of aromatic nitrogens is 3. The van der Waals surface area contributed by atoms with Crippen LogP contribution < -0.4 is 9.64 Å². The molecule has 0 unspecified atom stereocenters. The first-order valence-corrected chi connectivity index (χ1v) is 8.93. The van der Waals surface area contributed by atoms with Gasteiger partial charge in [-0.15, -0.1) is 0 Å². The first-order chi connectivity index (χ1) is 13.4. The molecule has 1 aromatic carbocycles. The van der Waals surface area contributed by atoms with Gasteiger partial charge >= 0.3 is 0 Å². The maximum absolute atomic E-state index is 5.78. The molecule has 4 aromatic rings. The SMILES string of the molecule is c1ccc(CN(CCOc2ccccn2)c2ccc3ccccc3n2)nc1. The van der Waals surface area contributed by atoms with Gasteiger partial charge in [0.15, 0.2) is 0 Å². The standard InChI is InChI=1S/C22H20N4O/c1-2-9-20-18(7-1)11-12-21(25-20)26(17-19-8-3-5-13-23-19)15-16-27-22-10-4-6-14-24-22/h1-14H,15-17H2. The molecule has 0 spiro atoms. The smallest absolute Gasteiger partial charge is 0.213 e. The van der Waals surface area contributed by atoms with Crippen molar-refractivity contribution in [1.82, 2.24) is 15.0 Å². The molecule has 3 aromatic heterocycles. The Morgan fingerprint density at radius 3 is 2.41 bits per heavy atom. The summed E-state index contributed by atoms with van der Waals surface area (Å²) in [5, 5.41) is 1.13. The lowest BCUT2D eigenvalue weighted by atomic mass is 10.2. The van der Waals surface area contributed by atoms with Gasteiger partial charge in [-0.05, 0) is 36.4 Å². The van der Waals surface area contributed by atoms with Crippen LogP contribution in [0.3, 0.4) is 0 Å². The number of para-hydroxylation sites is 1. The van der Waals surface area contributed by atoms with Gasteiger partial charge in [-0.25, -0.2) is 9.97 Å². The summed E-state index contributed by atoms with van der Waals surface area (Å²) in [6, 6.07) is 23.9. The quantitative estimate of drug-likeness (QED) is 0.499. The third-order valence-corrected chi connectivity index (χ3v) is 4.24. The van der Waals surface area contributed by atoms with E-state index in [1.165, 1.54) is 0 Å². The highest BCUT2D eigenvalue weighted by atomic mass is 16.5.